The summed E-state index contributed by atoms with van der Waals surface area (Å²) in [6.45, 7) is 0. The maximum Gasteiger partial charge on any atom is 0.137 e. The van der Waals surface area contributed by atoms with Gasteiger partial charge in [-0.15, -0.1) is 0 Å². The predicted octanol–water partition coefficient (Wildman–Crippen LogP) is 3.36. The first-order valence-corrected chi connectivity index (χ1v) is 8.30. The third-order valence-corrected chi connectivity index (χ3v) is 5.15. The number of hydrogen-bond donors (Lipinski definition) is 1. The second-order valence-corrected chi connectivity index (χ2v) is 6.63. The van der Waals surface area contributed by atoms with Gasteiger partial charge in [-0.3, -0.25) is 4.21 Å². The molecule has 2 aromatic carbocycles. The Morgan fingerprint density at radius 2 is 1.90 bits per heavy atom. The molecule has 21 heavy (non-hydrogen) atoms. The molecule has 0 saturated carbocycles. The monoisotopic (exact) mass is 369 g/mol. The minimum absolute atomic E-state index is 0.359. The van der Waals surface area contributed by atoms with Gasteiger partial charge in [-0.05, 0) is 35.9 Å². The summed E-state index contributed by atoms with van der Waals surface area (Å²) in [4.78, 5) is 0.626. The summed E-state index contributed by atoms with van der Waals surface area (Å²) in [7, 11) is 1.90. The van der Waals surface area contributed by atoms with Crippen LogP contribution in [0.15, 0.2) is 45.8 Å². The normalized spacial score (nSPS) is 12.0. The summed E-state index contributed by atoms with van der Waals surface area (Å²) in [5.74, 6) is 1.62. The molecule has 2 rings (SSSR count). The molecule has 6 heteroatoms. The molecule has 0 spiro atoms. The lowest BCUT2D eigenvalue weighted by Gasteiger charge is -2.11. The zero-order valence-electron chi connectivity index (χ0n) is 11.8. The molecule has 4 nitrogen and oxygen atoms in total. The van der Waals surface area contributed by atoms with Gasteiger partial charge in [0.25, 0.3) is 0 Å². The summed E-state index contributed by atoms with van der Waals surface area (Å²) in [5, 5.41) is 0. The largest absolute Gasteiger partial charge is 0.497 e. The Bertz CT molecular complexity index is 676. The van der Waals surface area contributed by atoms with Crippen LogP contribution in [0, 0.1) is 0 Å². The lowest BCUT2D eigenvalue weighted by Crippen LogP contribution is -2.01. The molecule has 0 aliphatic carbocycles. The average Bonchev–Trinajstić information content (AvgIpc) is 2.49. The van der Waals surface area contributed by atoms with Crippen molar-refractivity contribution >= 4 is 32.4 Å². The van der Waals surface area contributed by atoms with Crippen molar-refractivity contribution < 1.29 is 13.7 Å². The quantitative estimate of drug-likeness (QED) is 0.820. The molecule has 0 amide bonds. The Hall–Kier alpha value is -1.53. The summed E-state index contributed by atoms with van der Waals surface area (Å²) < 4.78 is 23.9. The van der Waals surface area contributed by atoms with E-state index in [1.54, 1.807) is 25.3 Å². The van der Waals surface area contributed by atoms with Crippen LogP contribution in [0.4, 0.5) is 5.69 Å². The smallest absolute Gasteiger partial charge is 0.137 e. The molecule has 1 atom stereocenters. The van der Waals surface area contributed by atoms with E-state index >= 15 is 0 Å². The van der Waals surface area contributed by atoms with Crippen molar-refractivity contribution in [1.82, 2.24) is 0 Å². The Morgan fingerprint density at radius 3 is 2.57 bits per heavy atom. The second kappa shape index (κ2) is 6.95. The molecule has 2 aromatic rings. The van der Waals surface area contributed by atoms with Crippen molar-refractivity contribution in [2.45, 2.75) is 10.6 Å². The maximum absolute atomic E-state index is 12.6. The van der Waals surface area contributed by atoms with Gasteiger partial charge in [0.15, 0.2) is 0 Å². The molecule has 0 heterocycles. The molecule has 0 aromatic heterocycles. The molecule has 0 aliphatic rings. The van der Waals surface area contributed by atoms with Gasteiger partial charge in [0.05, 0.1) is 35.7 Å². The van der Waals surface area contributed by atoms with Crippen molar-refractivity contribution in [3.05, 3.63) is 46.4 Å². The first-order chi connectivity index (χ1) is 10.0. The van der Waals surface area contributed by atoms with Crippen LogP contribution < -0.4 is 15.2 Å². The first kappa shape index (κ1) is 15.9. The van der Waals surface area contributed by atoms with Gasteiger partial charge in [-0.1, -0.05) is 15.9 Å². The number of methoxy groups -OCH3 is 2. The Kier molecular flexibility index (Phi) is 5.25. The van der Waals surface area contributed by atoms with Crippen molar-refractivity contribution in [3.8, 4) is 11.5 Å². The summed E-state index contributed by atoms with van der Waals surface area (Å²) in [6.07, 6.45) is 0. The molecule has 0 saturated heterocycles. The molecular weight excluding hydrogens is 354 g/mol. The topological polar surface area (TPSA) is 61.5 Å². The van der Waals surface area contributed by atoms with E-state index in [-0.39, 0.29) is 0 Å². The van der Waals surface area contributed by atoms with Crippen molar-refractivity contribution in [1.29, 1.82) is 0 Å². The van der Waals surface area contributed by atoms with Crippen LogP contribution in [0.3, 0.4) is 0 Å². The Labute approximate surface area is 134 Å². The van der Waals surface area contributed by atoms with Gasteiger partial charge >= 0.3 is 0 Å². The van der Waals surface area contributed by atoms with Crippen LogP contribution in [0.25, 0.3) is 0 Å². The van der Waals surface area contributed by atoms with E-state index < -0.39 is 10.8 Å². The lowest BCUT2D eigenvalue weighted by atomic mass is 10.2. The van der Waals surface area contributed by atoms with E-state index in [2.05, 4.69) is 15.9 Å². The Morgan fingerprint density at radius 1 is 1.14 bits per heavy atom. The second-order valence-electron chi connectivity index (χ2n) is 4.36. The van der Waals surface area contributed by atoms with Crippen LogP contribution >= 0.6 is 15.9 Å². The number of nitrogens with two attached hydrogens (primary N) is 1. The van der Waals surface area contributed by atoms with Gasteiger partial charge in [0.1, 0.15) is 11.5 Å². The van der Waals surface area contributed by atoms with E-state index in [1.165, 1.54) is 7.11 Å². The van der Waals surface area contributed by atoms with Crippen molar-refractivity contribution in [3.63, 3.8) is 0 Å². The summed E-state index contributed by atoms with van der Waals surface area (Å²) >= 11 is 3.47. The number of ether oxygens (including phenoxy) is 2. The lowest BCUT2D eigenvalue weighted by molar-refractivity contribution is 0.404. The molecular formula is C15H16BrNO3S. The van der Waals surface area contributed by atoms with E-state index in [9.17, 15) is 4.21 Å². The fourth-order valence-electron chi connectivity index (χ4n) is 1.88. The average molecular weight is 370 g/mol. The maximum atomic E-state index is 12.6. The zero-order chi connectivity index (χ0) is 15.4. The van der Waals surface area contributed by atoms with Gasteiger partial charge in [0, 0.05) is 16.2 Å². The highest BCUT2D eigenvalue weighted by molar-refractivity contribution is 9.10. The number of hydrogen-bond acceptors (Lipinski definition) is 4. The third-order valence-electron chi connectivity index (χ3n) is 2.97. The van der Waals surface area contributed by atoms with E-state index in [4.69, 9.17) is 15.2 Å². The minimum Gasteiger partial charge on any atom is -0.497 e. The minimum atomic E-state index is -1.24. The zero-order valence-corrected chi connectivity index (χ0v) is 14.2. The molecule has 0 radical (unpaired) electrons. The van der Waals surface area contributed by atoms with E-state index in [1.807, 2.05) is 18.2 Å². The van der Waals surface area contributed by atoms with Crippen molar-refractivity contribution in [2.75, 3.05) is 20.0 Å². The standard InChI is InChI=1S/C15H16BrNO3S/c1-19-12-4-5-13(16)10(7-12)9-21(18)15-6-3-11(17)8-14(15)20-2/h3-8H,9,17H2,1-2H3. The molecule has 1 unspecified atom stereocenters. The number of halogens is 1. The molecule has 112 valence electrons. The number of benzene rings is 2. The summed E-state index contributed by atoms with van der Waals surface area (Å²) in [5.41, 5.74) is 7.20. The first-order valence-electron chi connectivity index (χ1n) is 6.19. The van der Waals surface area contributed by atoms with Crippen LogP contribution in [-0.4, -0.2) is 18.4 Å². The number of rotatable bonds is 5. The van der Waals surface area contributed by atoms with Gasteiger partial charge in [-0.2, -0.15) is 0 Å². The highest BCUT2D eigenvalue weighted by Crippen LogP contribution is 2.29. The number of nitrogen functional groups attached to an aromatic ring is 1. The van der Waals surface area contributed by atoms with Gasteiger partial charge in [-0.25, -0.2) is 0 Å². The Balaban J connectivity index is 2.30. The third kappa shape index (κ3) is 3.77. The van der Waals surface area contributed by atoms with Crippen LogP contribution in [0.2, 0.25) is 0 Å². The molecule has 0 bridgehead atoms. The fraction of sp³-hybridized carbons (Fsp3) is 0.200. The highest BCUT2D eigenvalue weighted by Gasteiger charge is 2.14. The van der Waals surface area contributed by atoms with Crippen LogP contribution in [0.1, 0.15) is 5.56 Å². The van der Waals surface area contributed by atoms with Gasteiger partial charge in [0.2, 0.25) is 0 Å². The van der Waals surface area contributed by atoms with E-state index in [0.717, 1.165) is 15.8 Å². The van der Waals surface area contributed by atoms with Gasteiger partial charge < -0.3 is 15.2 Å². The summed E-state index contributed by atoms with van der Waals surface area (Å²) in [6, 6.07) is 10.7. The predicted molar refractivity (Wildman–Crippen MR) is 88.2 cm³/mol. The van der Waals surface area contributed by atoms with E-state index in [0.29, 0.717) is 22.1 Å². The molecule has 0 aliphatic heterocycles. The van der Waals surface area contributed by atoms with Crippen LogP contribution in [0.5, 0.6) is 11.5 Å². The molecule has 0 fully saturated rings. The fourth-order valence-corrected chi connectivity index (χ4v) is 3.72. The molecule has 2 N–H and O–H groups in total. The van der Waals surface area contributed by atoms with Crippen LogP contribution in [-0.2, 0) is 16.6 Å². The SMILES string of the molecule is COc1ccc(Br)c(CS(=O)c2ccc(N)cc2OC)c1. The number of anilines is 1. The van der Waals surface area contributed by atoms with Crippen molar-refractivity contribution in [2.24, 2.45) is 0 Å². The highest BCUT2D eigenvalue weighted by atomic mass is 79.9.